The molecule has 0 aliphatic rings. The van der Waals surface area contributed by atoms with E-state index >= 15 is 0 Å². The van der Waals surface area contributed by atoms with Gasteiger partial charge >= 0.3 is 5.97 Å². The minimum absolute atomic E-state index is 0. The molecule has 0 spiro atoms. The first-order valence-corrected chi connectivity index (χ1v) is 4.49. The first-order valence-electron chi connectivity index (χ1n) is 4.49. The van der Waals surface area contributed by atoms with E-state index in [1.54, 1.807) is 0 Å². The number of carboxylic acids is 1. The summed E-state index contributed by atoms with van der Waals surface area (Å²) in [5.74, 6) is -0.666. The largest absolute Gasteiger partial charge is 0.481 e. The number of carboxylic acid groups (broad SMARTS) is 1. The molecule has 0 atom stereocenters. The van der Waals surface area contributed by atoms with Gasteiger partial charge in [0.2, 0.25) is 0 Å². The standard InChI is InChI=1S/C9H18O2.Sr/c1-2-3-4-5-6-7-8-9(10)11;/h2-8H2,1H3,(H,10,11);. The molecule has 0 aromatic rings. The van der Waals surface area contributed by atoms with E-state index in [-0.39, 0.29) is 45.5 Å². The van der Waals surface area contributed by atoms with E-state index in [2.05, 4.69) is 6.92 Å². The molecule has 0 rings (SSSR count). The van der Waals surface area contributed by atoms with E-state index < -0.39 is 5.97 Å². The van der Waals surface area contributed by atoms with Crippen LogP contribution in [-0.2, 0) is 4.79 Å². The van der Waals surface area contributed by atoms with E-state index in [9.17, 15) is 4.79 Å². The number of rotatable bonds is 7. The smallest absolute Gasteiger partial charge is 0.303 e. The molecule has 0 fully saturated rings. The molecular formula is C9H18O2Sr. The number of hydrogen-bond donors (Lipinski definition) is 1. The second-order valence-electron chi connectivity index (χ2n) is 2.91. The molecular weight excluding hydrogens is 228 g/mol. The summed E-state index contributed by atoms with van der Waals surface area (Å²) in [6.07, 6.45) is 7.25. The SMILES string of the molecule is CCCCCCCCC(=O)O.[Sr]. The number of aliphatic carboxylic acids is 1. The van der Waals surface area contributed by atoms with E-state index in [1.165, 1.54) is 25.7 Å². The molecule has 3 heteroatoms. The third-order valence-electron chi connectivity index (χ3n) is 1.74. The van der Waals surface area contributed by atoms with Gasteiger partial charge in [0.15, 0.2) is 0 Å². The summed E-state index contributed by atoms with van der Waals surface area (Å²) in [6, 6.07) is 0. The molecule has 1 N–H and O–H groups in total. The molecule has 2 nitrogen and oxygen atoms in total. The predicted octanol–water partition coefficient (Wildman–Crippen LogP) is 2.44. The van der Waals surface area contributed by atoms with Crippen LogP contribution < -0.4 is 0 Å². The van der Waals surface area contributed by atoms with E-state index in [0.29, 0.717) is 6.42 Å². The Labute approximate surface area is 112 Å². The van der Waals surface area contributed by atoms with Gasteiger partial charge in [-0.25, -0.2) is 0 Å². The van der Waals surface area contributed by atoms with Crippen LogP contribution in [-0.4, -0.2) is 56.6 Å². The fourth-order valence-corrected chi connectivity index (χ4v) is 1.06. The molecule has 68 valence electrons. The Morgan fingerprint density at radius 3 is 2.08 bits per heavy atom. The molecule has 0 aromatic carbocycles. The Bertz CT molecular complexity index is 105. The minimum Gasteiger partial charge on any atom is -0.481 e. The zero-order chi connectivity index (χ0) is 8.53. The number of carbonyl (C=O) groups is 1. The molecule has 0 unspecified atom stereocenters. The van der Waals surface area contributed by atoms with Crippen molar-refractivity contribution in [2.45, 2.75) is 51.9 Å². The molecule has 0 saturated carbocycles. The third-order valence-corrected chi connectivity index (χ3v) is 1.74. The van der Waals surface area contributed by atoms with E-state index in [4.69, 9.17) is 5.11 Å². The first-order chi connectivity index (χ1) is 5.27. The van der Waals surface area contributed by atoms with Crippen LogP contribution in [0.3, 0.4) is 0 Å². The first kappa shape index (κ1) is 15.4. The molecule has 2 radical (unpaired) electrons. The predicted molar refractivity (Wildman–Crippen MR) is 51.4 cm³/mol. The van der Waals surface area contributed by atoms with Gasteiger partial charge in [-0.15, -0.1) is 0 Å². The van der Waals surface area contributed by atoms with Crippen LogP contribution in [0.2, 0.25) is 0 Å². The molecule has 0 bridgehead atoms. The molecule has 0 heterocycles. The van der Waals surface area contributed by atoms with Crippen molar-refractivity contribution in [3.63, 3.8) is 0 Å². The van der Waals surface area contributed by atoms with Crippen LogP contribution in [0.5, 0.6) is 0 Å². The van der Waals surface area contributed by atoms with Crippen LogP contribution in [0.4, 0.5) is 0 Å². The summed E-state index contributed by atoms with van der Waals surface area (Å²) in [4.78, 5) is 10.1. The maximum Gasteiger partial charge on any atom is 0.303 e. The Morgan fingerprint density at radius 1 is 1.08 bits per heavy atom. The normalized spacial score (nSPS) is 9.08. The molecule has 0 amide bonds. The van der Waals surface area contributed by atoms with Crippen molar-refractivity contribution in [2.75, 3.05) is 0 Å². The van der Waals surface area contributed by atoms with Gasteiger partial charge in [0.1, 0.15) is 0 Å². The number of hydrogen-bond acceptors (Lipinski definition) is 1. The Morgan fingerprint density at radius 2 is 1.58 bits per heavy atom. The molecule has 12 heavy (non-hydrogen) atoms. The Hall–Kier alpha value is 0.951. The van der Waals surface area contributed by atoms with Crippen LogP contribution in [0, 0.1) is 0 Å². The van der Waals surface area contributed by atoms with Crippen molar-refractivity contribution in [1.82, 2.24) is 0 Å². The van der Waals surface area contributed by atoms with Gasteiger partial charge in [-0.3, -0.25) is 4.79 Å². The average molecular weight is 246 g/mol. The van der Waals surface area contributed by atoms with Gasteiger partial charge in [0.05, 0.1) is 0 Å². The van der Waals surface area contributed by atoms with Crippen LogP contribution >= 0.6 is 0 Å². The zero-order valence-corrected chi connectivity index (χ0v) is 11.5. The van der Waals surface area contributed by atoms with Crippen LogP contribution in [0.15, 0.2) is 0 Å². The Kier molecular flexibility index (Phi) is 15.4. The quantitative estimate of drug-likeness (QED) is 0.553. The van der Waals surface area contributed by atoms with Crippen molar-refractivity contribution < 1.29 is 9.90 Å². The van der Waals surface area contributed by atoms with Crippen LogP contribution in [0.25, 0.3) is 0 Å². The second-order valence-corrected chi connectivity index (χ2v) is 2.91. The van der Waals surface area contributed by atoms with Crippen molar-refractivity contribution in [3.8, 4) is 0 Å². The van der Waals surface area contributed by atoms with E-state index in [1.807, 2.05) is 0 Å². The maximum atomic E-state index is 10.1. The number of unbranched alkanes of at least 4 members (excludes halogenated alkanes) is 5. The second kappa shape index (κ2) is 12.0. The summed E-state index contributed by atoms with van der Waals surface area (Å²) >= 11 is 0. The van der Waals surface area contributed by atoms with Gasteiger partial charge < -0.3 is 5.11 Å². The van der Waals surface area contributed by atoms with Gasteiger partial charge in [0.25, 0.3) is 0 Å². The zero-order valence-electron chi connectivity index (χ0n) is 8.01. The van der Waals surface area contributed by atoms with Gasteiger partial charge in [-0.2, -0.15) is 0 Å². The van der Waals surface area contributed by atoms with E-state index in [0.717, 1.165) is 12.8 Å². The third kappa shape index (κ3) is 13.5. The summed E-state index contributed by atoms with van der Waals surface area (Å²) in [5.41, 5.74) is 0. The van der Waals surface area contributed by atoms with Crippen molar-refractivity contribution >= 4 is 51.5 Å². The Balaban J connectivity index is 0. The van der Waals surface area contributed by atoms with Gasteiger partial charge in [0, 0.05) is 51.9 Å². The summed E-state index contributed by atoms with van der Waals surface area (Å²) in [7, 11) is 0. The monoisotopic (exact) mass is 246 g/mol. The van der Waals surface area contributed by atoms with Crippen molar-refractivity contribution in [1.29, 1.82) is 0 Å². The van der Waals surface area contributed by atoms with Crippen molar-refractivity contribution in [2.24, 2.45) is 0 Å². The maximum absolute atomic E-state index is 10.1. The summed E-state index contributed by atoms with van der Waals surface area (Å²) in [6.45, 7) is 2.18. The molecule has 0 saturated heterocycles. The summed E-state index contributed by atoms with van der Waals surface area (Å²) < 4.78 is 0. The molecule has 0 aliphatic heterocycles. The van der Waals surface area contributed by atoms with Crippen LogP contribution in [0.1, 0.15) is 51.9 Å². The molecule has 0 aromatic heterocycles. The average Bonchev–Trinajstić information content (AvgIpc) is 1.96. The van der Waals surface area contributed by atoms with Gasteiger partial charge in [-0.05, 0) is 6.42 Å². The fraction of sp³-hybridized carbons (Fsp3) is 0.889. The van der Waals surface area contributed by atoms with Crippen molar-refractivity contribution in [3.05, 3.63) is 0 Å². The summed E-state index contributed by atoms with van der Waals surface area (Å²) in [5, 5.41) is 8.32. The van der Waals surface area contributed by atoms with Gasteiger partial charge in [-0.1, -0.05) is 39.0 Å². The minimum atomic E-state index is -0.666. The molecule has 0 aliphatic carbocycles. The fourth-order valence-electron chi connectivity index (χ4n) is 1.06. The topological polar surface area (TPSA) is 37.3 Å².